The van der Waals surface area contributed by atoms with Crippen molar-refractivity contribution in [2.45, 2.75) is 33.6 Å². The normalized spacial score (nSPS) is 17.3. The molecule has 1 aromatic carbocycles. The predicted octanol–water partition coefficient (Wildman–Crippen LogP) is 4.00. The van der Waals surface area contributed by atoms with E-state index in [0.29, 0.717) is 12.5 Å². The van der Waals surface area contributed by atoms with Gasteiger partial charge in [0.1, 0.15) is 10.6 Å². The molecule has 5 heteroatoms. The molecular weight excluding hydrogens is 320 g/mol. The Balaban J connectivity index is 1.47. The van der Waals surface area contributed by atoms with Gasteiger partial charge in [-0.3, -0.25) is 4.79 Å². The van der Waals surface area contributed by atoms with E-state index in [1.807, 2.05) is 30.9 Å². The smallest absolute Gasteiger partial charge is 0.265 e. The van der Waals surface area contributed by atoms with Crippen LogP contribution < -0.4 is 4.74 Å². The molecule has 0 saturated carbocycles. The second-order valence-corrected chi connectivity index (χ2v) is 7.71. The summed E-state index contributed by atoms with van der Waals surface area (Å²) in [4.78, 5) is 19.7. The Hall–Kier alpha value is -1.88. The minimum absolute atomic E-state index is 0.139. The highest BCUT2D eigenvalue weighted by Crippen LogP contribution is 2.25. The molecule has 0 N–H and O–H groups in total. The first kappa shape index (κ1) is 17.0. The standard InChI is InChI=1S/C19H24N2O2S/c1-13-4-6-17(7-5-13)23-11-9-16-8-10-21(12-16)19(22)18-14(2)20-15(3)24-18/h4-7,16H,8-12H2,1-3H3. The minimum atomic E-state index is 0.139. The molecule has 1 aliphatic rings. The van der Waals surface area contributed by atoms with Crippen molar-refractivity contribution in [3.8, 4) is 5.75 Å². The van der Waals surface area contributed by atoms with Crippen LogP contribution in [0.25, 0.3) is 0 Å². The number of hydrogen-bond donors (Lipinski definition) is 0. The monoisotopic (exact) mass is 344 g/mol. The van der Waals surface area contributed by atoms with Crippen molar-refractivity contribution in [3.05, 3.63) is 45.4 Å². The van der Waals surface area contributed by atoms with Crippen molar-refractivity contribution in [2.75, 3.05) is 19.7 Å². The van der Waals surface area contributed by atoms with Gasteiger partial charge >= 0.3 is 0 Å². The van der Waals surface area contributed by atoms with Gasteiger partial charge in [0.05, 0.1) is 17.3 Å². The molecule has 128 valence electrons. The number of ether oxygens (including phenoxy) is 1. The van der Waals surface area contributed by atoms with Gasteiger partial charge in [-0.25, -0.2) is 4.98 Å². The summed E-state index contributed by atoms with van der Waals surface area (Å²) in [6.07, 6.45) is 2.04. The van der Waals surface area contributed by atoms with Crippen molar-refractivity contribution < 1.29 is 9.53 Å². The first-order chi connectivity index (χ1) is 11.5. The number of carbonyl (C=O) groups is 1. The molecular formula is C19H24N2O2S. The van der Waals surface area contributed by atoms with E-state index in [4.69, 9.17) is 4.74 Å². The molecule has 1 aliphatic heterocycles. The van der Waals surface area contributed by atoms with Gasteiger partial charge in [0.25, 0.3) is 5.91 Å². The minimum Gasteiger partial charge on any atom is -0.494 e. The molecule has 3 rings (SSSR count). The van der Waals surface area contributed by atoms with Gasteiger partial charge in [0.15, 0.2) is 0 Å². The first-order valence-electron chi connectivity index (χ1n) is 8.45. The van der Waals surface area contributed by atoms with E-state index in [9.17, 15) is 4.79 Å². The highest BCUT2D eigenvalue weighted by atomic mass is 32.1. The lowest BCUT2D eigenvalue weighted by Gasteiger charge is -2.16. The first-order valence-corrected chi connectivity index (χ1v) is 9.27. The molecule has 2 heterocycles. The summed E-state index contributed by atoms with van der Waals surface area (Å²) in [6.45, 7) is 8.30. The molecule has 0 bridgehead atoms. The number of aryl methyl sites for hydroxylation is 3. The van der Waals surface area contributed by atoms with Crippen LogP contribution in [0, 0.1) is 26.7 Å². The Morgan fingerprint density at radius 3 is 2.71 bits per heavy atom. The van der Waals surface area contributed by atoms with Crippen molar-refractivity contribution in [2.24, 2.45) is 5.92 Å². The van der Waals surface area contributed by atoms with E-state index in [2.05, 4.69) is 24.0 Å². The fraction of sp³-hybridized carbons (Fsp3) is 0.474. The maximum absolute atomic E-state index is 12.6. The maximum Gasteiger partial charge on any atom is 0.265 e. The third kappa shape index (κ3) is 3.96. The molecule has 0 spiro atoms. The zero-order valence-electron chi connectivity index (χ0n) is 14.5. The fourth-order valence-corrected chi connectivity index (χ4v) is 3.99. The summed E-state index contributed by atoms with van der Waals surface area (Å²) in [5.74, 6) is 1.58. The zero-order chi connectivity index (χ0) is 17.1. The van der Waals surface area contributed by atoms with Gasteiger partial charge in [-0.15, -0.1) is 11.3 Å². The second-order valence-electron chi connectivity index (χ2n) is 6.50. The van der Waals surface area contributed by atoms with E-state index >= 15 is 0 Å². The number of rotatable bonds is 5. The van der Waals surface area contributed by atoms with Crippen molar-refractivity contribution in [1.82, 2.24) is 9.88 Å². The lowest BCUT2D eigenvalue weighted by atomic mass is 10.1. The largest absolute Gasteiger partial charge is 0.494 e. The van der Waals surface area contributed by atoms with Crippen LogP contribution in [0.1, 0.15) is 38.8 Å². The summed E-state index contributed by atoms with van der Waals surface area (Å²) in [7, 11) is 0. The Labute approximate surface area is 147 Å². The molecule has 2 aromatic rings. The molecule has 1 unspecified atom stereocenters. The van der Waals surface area contributed by atoms with E-state index < -0.39 is 0 Å². The summed E-state index contributed by atoms with van der Waals surface area (Å²) in [6, 6.07) is 8.14. The second kappa shape index (κ2) is 7.34. The number of thiazole rings is 1. The van der Waals surface area contributed by atoms with Gasteiger partial charge in [0.2, 0.25) is 0 Å². The average molecular weight is 344 g/mol. The van der Waals surface area contributed by atoms with Gasteiger partial charge in [-0.1, -0.05) is 17.7 Å². The molecule has 1 atom stereocenters. The van der Waals surface area contributed by atoms with Gasteiger partial charge < -0.3 is 9.64 Å². The molecule has 1 fully saturated rings. The predicted molar refractivity (Wildman–Crippen MR) is 96.9 cm³/mol. The number of benzene rings is 1. The number of nitrogens with zero attached hydrogens (tertiary/aromatic N) is 2. The van der Waals surface area contributed by atoms with E-state index in [1.165, 1.54) is 16.9 Å². The van der Waals surface area contributed by atoms with Crippen LogP contribution in [0.15, 0.2) is 24.3 Å². The number of hydrogen-bond acceptors (Lipinski definition) is 4. The summed E-state index contributed by atoms with van der Waals surface area (Å²) in [5, 5.41) is 0.957. The fourth-order valence-electron chi connectivity index (χ4n) is 3.10. The number of aromatic nitrogens is 1. The topological polar surface area (TPSA) is 42.4 Å². The van der Waals surface area contributed by atoms with Gasteiger partial charge in [-0.2, -0.15) is 0 Å². The van der Waals surface area contributed by atoms with Crippen LogP contribution in [0.4, 0.5) is 0 Å². The Morgan fingerprint density at radius 2 is 2.04 bits per heavy atom. The van der Waals surface area contributed by atoms with Gasteiger partial charge in [0, 0.05) is 13.1 Å². The Bertz CT molecular complexity index is 709. The van der Waals surface area contributed by atoms with Crippen LogP contribution in [0.3, 0.4) is 0 Å². The van der Waals surface area contributed by atoms with E-state index in [1.54, 1.807) is 0 Å². The van der Waals surface area contributed by atoms with Crippen LogP contribution in [-0.2, 0) is 0 Å². The number of amides is 1. The summed E-state index contributed by atoms with van der Waals surface area (Å²) in [5.41, 5.74) is 2.09. The van der Waals surface area contributed by atoms with Crippen molar-refractivity contribution in [1.29, 1.82) is 0 Å². The van der Waals surface area contributed by atoms with E-state index in [-0.39, 0.29) is 5.91 Å². The quantitative estimate of drug-likeness (QED) is 0.823. The molecule has 1 aromatic heterocycles. The van der Waals surface area contributed by atoms with Crippen LogP contribution in [-0.4, -0.2) is 35.5 Å². The van der Waals surface area contributed by atoms with Crippen LogP contribution in [0.2, 0.25) is 0 Å². The summed E-state index contributed by atoms with van der Waals surface area (Å²) < 4.78 is 5.81. The number of likely N-dealkylation sites (tertiary alicyclic amines) is 1. The Morgan fingerprint density at radius 1 is 1.29 bits per heavy atom. The lowest BCUT2D eigenvalue weighted by molar-refractivity contribution is 0.0789. The average Bonchev–Trinajstić information content (AvgIpc) is 3.15. The van der Waals surface area contributed by atoms with E-state index in [0.717, 1.165) is 47.3 Å². The van der Waals surface area contributed by atoms with Crippen molar-refractivity contribution in [3.63, 3.8) is 0 Å². The van der Waals surface area contributed by atoms with Crippen LogP contribution >= 0.6 is 11.3 Å². The third-order valence-corrected chi connectivity index (χ3v) is 5.55. The highest BCUT2D eigenvalue weighted by molar-refractivity contribution is 7.13. The molecule has 0 aliphatic carbocycles. The number of carbonyl (C=O) groups excluding carboxylic acids is 1. The lowest BCUT2D eigenvalue weighted by Crippen LogP contribution is -2.28. The highest BCUT2D eigenvalue weighted by Gasteiger charge is 2.28. The third-order valence-electron chi connectivity index (χ3n) is 4.49. The zero-order valence-corrected chi connectivity index (χ0v) is 15.4. The summed E-state index contributed by atoms with van der Waals surface area (Å²) >= 11 is 1.50. The molecule has 1 saturated heterocycles. The molecule has 1 amide bonds. The molecule has 0 radical (unpaired) electrons. The van der Waals surface area contributed by atoms with Crippen molar-refractivity contribution >= 4 is 17.2 Å². The SMILES string of the molecule is Cc1ccc(OCCC2CCN(C(=O)c3sc(C)nc3C)C2)cc1. The maximum atomic E-state index is 12.6. The molecule has 4 nitrogen and oxygen atoms in total. The van der Waals surface area contributed by atoms with Crippen LogP contribution in [0.5, 0.6) is 5.75 Å². The Kier molecular flexibility index (Phi) is 5.19. The van der Waals surface area contributed by atoms with Gasteiger partial charge in [-0.05, 0) is 51.7 Å². The molecule has 24 heavy (non-hydrogen) atoms.